The number of hydrogen-bond acceptors (Lipinski definition) is 4. The van der Waals surface area contributed by atoms with Crippen molar-refractivity contribution in [2.45, 2.75) is 18.4 Å². The molecule has 0 aliphatic carbocycles. The summed E-state index contributed by atoms with van der Waals surface area (Å²) >= 11 is 4.82. The van der Waals surface area contributed by atoms with Gasteiger partial charge in [-0.15, -0.1) is 11.3 Å². The van der Waals surface area contributed by atoms with Crippen LogP contribution in [0.2, 0.25) is 0 Å². The lowest BCUT2D eigenvalue weighted by Gasteiger charge is -2.18. The minimum atomic E-state index is -3.59. The maximum Gasteiger partial charge on any atom is 0.245 e. The molecule has 2 aromatic rings. The first-order valence-electron chi connectivity index (χ1n) is 5.86. The molecule has 2 rings (SSSR count). The molecular formula is C13H15BrN2O2S2. The molecule has 0 fully saturated rings. The predicted molar refractivity (Wildman–Crippen MR) is 86.3 cm³/mol. The third kappa shape index (κ3) is 3.06. The van der Waals surface area contributed by atoms with Crippen LogP contribution in [0.5, 0.6) is 0 Å². The predicted octanol–water partition coefficient (Wildman–Crippen LogP) is 3.22. The normalized spacial score (nSPS) is 12.0. The van der Waals surface area contributed by atoms with Gasteiger partial charge in [0.15, 0.2) is 0 Å². The van der Waals surface area contributed by atoms with E-state index >= 15 is 0 Å². The molecular weight excluding hydrogens is 360 g/mol. The molecule has 0 saturated heterocycles. The first-order valence-corrected chi connectivity index (χ1v) is 8.98. The molecule has 0 bridgehead atoms. The zero-order valence-electron chi connectivity index (χ0n) is 11.1. The summed E-state index contributed by atoms with van der Waals surface area (Å²) in [6, 6.07) is 6.77. The van der Waals surface area contributed by atoms with E-state index in [1.54, 1.807) is 30.5 Å². The van der Waals surface area contributed by atoms with Gasteiger partial charge in [-0.25, -0.2) is 8.42 Å². The molecule has 20 heavy (non-hydrogen) atoms. The monoisotopic (exact) mass is 374 g/mol. The van der Waals surface area contributed by atoms with Gasteiger partial charge in [-0.05, 0) is 42.1 Å². The van der Waals surface area contributed by atoms with Crippen molar-refractivity contribution in [1.82, 2.24) is 4.31 Å². The van der Waals surface area contributed by atoms with Crippen LogP contribution < -0.4 is 5.73 Å². The highest BCUT2D eigenvalue weighted by Gasteiger charge is 2.24. The average Bonchev–Trinajstić information content (AvgIpc) is 2.74. The van der Waals surface area contributed by atoms with Gasteiger partial charge in [-0.1, -0.05) is 15.9 Å². The van der Waals surface area contributed by atoms with Crippen molar-refractivity contribution in [1.29, 1.82) is 0 Å². The molecule has 0 radical (unpaired) electrons. The highest BCUT2D eigenvalue weighted by molar-refractivity contribution is 9.10. The van der Waals surface area contributed by atoms with Crippen LogP contribution in [-0.2, 0) is 16.6 Å². The third-order valence-corrected chi connectivity index (χ3v) is 6.37. The molecule has 0 atom stereocenters. The van der Waals surface area contributed by atoms with E-state index in [2.05, 4.69) is 15.9 Å². The van der Waals surface area contributed by atoms with Crippen LogP contribution in [0.15, 0.2) is 39.0 Å². The van der Waals surface area contributed by atoms with Gasteiger partial charge in [0.05, 0.1) is 5.69 Å². The van der Waals surface area contributed by atoms with Crippen LogP contribution >= 0.6 is 27.3 Å². The summed E-state index contributed by atoms with van der Waals surface area (Å²) in [5, 5.41) is 1.96. The Morgan fingerprint density at radius 3 is 2.60 bits per heavy atom. The van der Waals surface area contributed by atoms with Gasteiger partial charge in [0, 0.05) is 22.9 Å². The number of sulfonamides is 1. The van der Waals surface area contributed by atoms with Crippen LogP contribution in [0.1, 0.15) is 10.4 Å². The minimum Gasteiger partial charge on any atom is -0.398 e. The van der Waals surface area contributed by atoms with E-state index in [1.807, 2.05) is 18.4 Å². The number of thiophene rings is 1. The van der Waals surface area contributed by atoms with Crippen molar-refractivity contribution < 1.29 is 8.42 Å². The van der Waals surface area contributed by atoms with Gasteiger partial charge in [0.1, 0.15) is 4.90 Å². The Balaban J connectivity index is 2.32. The first kappa shape index (κ1) is 15.5. The van der Waals surface area contributed by atoms with Crippen molar-refractivity contribution in [2.75, 3.05) is 12.8 Å². The molecule has 1 aromatic carbocycles. The van der Waals surface area contributed by atoms with Gasteiger partial charge in [-0.3, -0.25) is 0 Å². The highest BCUT2D eigenvalue weighted by Crippen LogP contribution is 2.27. The Hall–Kier alpha value is -0.890. The van der Waals surface area contributed by atoms with E-state index in [-0.39, 0.29) is 10.6 Å². The summed E-state index contributed by atoms with van der Waals surface area (Å²) in [5.74, 6) is 0. The van der Waals surface area contributed by atoms with Gasteiger partial charge >= 0.3 is 0 Å². The average molecular weight is 375 g/mol. The molecule has 0 aliphatic rings. The lowest BCUT2D eigenvalue weighted by Crippen LogP contribution is -2.27. The summed E-state index contributed by atoms with van der Waals surface area (Å²) < 4.78 is 27.2. The number of halogens is 1. The summed E-state index contributed by atoms with van der Waals surface area (Å²) in [6.45, 7) is 2.32. The largest absolute Gasteiger partial charge is 0.398 e. The molecule has 108 valence electrons. The highest BCUT2D eigenvalue weighted by atomic mass is 79.9. The van der Waals surface area contributed by atoms with Gasteiger partial charge < -0.3 is 5.73 Å². The number of rotatable bonds is 4. The van der Waals surface area contributed by atoms with Crippen molar-refractivity contribution in [3.63, 3.8) is 0 Å². The SMILES string of the molecule is Cc1ccsc1CN(C)S(=O)(=O)c1ccc(Br)cc1N. The summed E-state index contributed by atoms with van der Waals surface area (Å²) in [5.41, 5.74) is 7.16. The fourth-order valence-electron chi connectivity index (χ4n) is 1.78. The lowest BCUT2D eigenvalue weighted by atomic mass is 10.3. The van der Waals surface area contributed by atoms with Gasteiger partial charge in [-0.2, -0.15) is 4.31 Å². The second-order valence-corrected chi connectivity index (χ2v) is 8.40. The molecule has 0 amide bonds. The van der Waals surface area contributed by atoms with Crippen LogP contribution in [0, 0.1) is 6.92 Å². The fourth-order valence-corrected chi connectivity index (χ4v) is 4.43. The number of aryl methyl sites for hydroxylation is 1. The molecule has 7 heteroatoms. The Kier molecular flexibility index (Phi) is 4.53. The Morgan fingerprint density at radius 1 is 1.35 bits per heavy atom. The lowest BCUT2D eigenvalue weighted by molar-refractivity contribution is 0.469. The third-order valence-electron chi connectivity index (χ3n) is 2.99. The number of nitrogens with zero attached hydrogens (tertiary/aromatic N) is 1. The van der Waals surface area contributed by atoms with E-state index in [1.165, 1.54) is 10.4 Å². The summed E-state index contributed by atoms with van der Waals surface area (Å²) in [6.07, 6.45) is 0. The summed E-state index contributed by atoms with van der Waals surface area (Å²) in [4.78, 5) is 1.17. The maximum atomic E-state index is 12.5. The van der Waals surface area contributed by atoms with Crippen LogP contribution in [0.4, 0.5) is 5.69 Å². The van der Waals surface area contributed by atoms with Crippen LogP contribution in [0.25, 0.3) is 0 Å². The quantitative estimate of drug-likeness (QED) is 0.835. The Morgan fingerprint density at radius 2 is 2.05 bits per heavy atom. The first-order chi connectivity index (χ1) is 9.32. The molecule has 0 aliphatic heterocycles. The zero-order chi connectivity index (χ0) is 14.9. The maximum absolute atomic E-state index is 12.5. The van der Waals surface area contributed by atoms with E-state index in [0.717, 1.165) is 14.9 Å². The van der Waals surface area contributed by atoms with E-state index in [9.17, 15) is 8.42 Å². The van der Waals surface area contributed by atoms with E-state index in [4.69, 9.17) is 5.73 Å². The van der Waals surface area contributed by atoms with Crippen molar-refractivity contribution >= 4 is 43.0 Å². The minimum absolute atomic E-state index is 0.136. The Labute approximate surface area is 131 Å². The molecule has 0 unspecified atom stereocenters. The number of hydrogen-bond donors (Lipinski definition) is 1. The van der Waals surface area contributed by atoms with E-state index < -0.39 is 10.0 Å². The standard InChI is InChI=1S/C13H15BrN2O2S2/c1-9-5-6-19-12(9)8-16(2)20(17,18)13-4-3-10(14)7-11(13)15/h3-7H,8,15H2,1-2H3. The summed E-state index contributed by atoms with van der Waals surface area (Å²) in [7, 11) is -2.02. The van der Waals surface area contributed by atoms with Crippen LogP contribution in [0.3, 0.4) is 0 Å². The molecule has 0 saturated carbocycles. The molecule has 1 heterocycles. The topological polar surface area (TPSA) is 63.4 Å². The number of nitrogens with two attached hydrogens (primary N) is 1. The molecule has 2 N–H and O–H groups in total. The number of anilines is 1. The Bertz CT molecular complexity index is 726. The van der Waals surface area contributed by atoms with E-state index in [0.29, 0.717) is 6.54 Å². The van der Waals surface area contributed by atoms with Gasteiger partial charge in [0.2, 0.25) is 10.0 Å². The second-order valence-electron chi connectivity index (χ2n) is 4.47. The van der Waals surface area contributed by atoms with Crippen molar-refractivity contribution in [2.24, 2.45) is 0 Å². The number of nitrogen functional groups attached to an aromatic ring is 1. The molecule has 4 nitrogen and oxygen atoms in total. The second kappa shape index (κ2) is 5.85. The number of benzene rings is 1. The zero-order valence-corrected chi connectivity index (χ0v) is 14.3. The van der Waals surface area contributed by atoms with Crippen molar-refractivity contribution in [3.05, 3.63) is 44.6 Å². The van der Waals surface area contributed by atoms with Gasteiger partial charge in [0.25, 0.3) is 0 Å². The van der Waals surface area contributed by atoms with Crippen molar-refractivity contribution in [3.8, 4) is 0 Å². The molecule has 1 aromatic heterocycles. The fraction of sp³-hybridized carbons (Fsp3) is 0.231. The van der Waals surface area contributed by atoms with Crippen LogP contribution in [-0.4, -0.2) is 19.8 Å². The molecule has 0 spiro atoms. The smallest absolute Gasteiger partial charge is 0.245 e.